The minimum atomic E-state index is 0.712. The SMILES string of the molecule is S=C(NN=Cc1ccccn1)N1CCCCCC1.[Cl][Cu][Cl]. The van der Waals surface area contributed by atoms with Crippen LogP contribution >= 0.6 is 32.4 Å². The molecular formula is C13H18Cl2CuN4S. The molecule has 1 aromatic rings. The zero-order valence-corrected chi connectivity index (χ0v) is 14.7. The summed E-state index contributed by atoms with van der Waals surface area (Å²) in [7, 11) is 9.34. The average molecular weight is 397 g/mol. The second kappa shape index (κ2) is 12.2. The second-order valence-electron chi connectivity index (χ2n) is 4.37. The average Bonchev–Trinajstić information content (AvgIpc) is 2.78. The maximum absolute atomic E-state index is 5.33. The van der Waals surface area contributed by atoms with E-state index in [1.54, 1.807) is 12.4 Å². The minimum absolute atomic E-state index is 0.712. The van der Waals surface area contributed by atoms with E-state index >= 15 is 0 Å². The number of halogens is 2. The predicted octanol–water partition coefficient (Wildman–Crippen LogP) is 3.54. The summed E-state index contributed by atoms with van der Waals surface area (Å²) in [5.41, 5.74) is 3.74. The molecule has 1 aliphatic rings. The van der Waals surface area contributed by atoms with Crippen LogP contribution in [0, 0.1) is 0 Å². The van der Waals surface area contributed by atoms with Gasteiger partial charge < -0.3 is 4.90 Å². The summed E-state index contributed by atoms with van der Waals surface area (Å²) in [5, 5.41) is 4.84. The fourth-order valence-electron chi connectivity index (χ4n) is 1.95. The monoisotopic (exact) mass is 395 g/mol. The van der Waals surface area contributed by atoms with Gasteiger partial charge in [-0.15, -0.1) is 0 Å². The van der Waals surface area contributed by atoms with Gasteiger partial charge in [0, 0.05) is 19.3 Å². The van der Waals surface area contributed by atoms with Crippen LogP contribution in [0.3, 0.4) is 0 Å². The molecule has 0 aromatic carbocycles. The number of likely N-dealkylation sites (tertiary alicyclic amines) is 1. The first-order chi connectivity index (χ1) is 10.3. The summed E-state index contributed by atoms with van der Waals surface area (Å²) >= 11 is 6.09. The number of aromatic nitrogens is 1. The Kier molecular flexibility index (Phi) is 10.8. The zero-order valence-electron chi connectivity index (χ0n) is 11.4. The predicted molar refractivity (Wildman–Crippen MR) is 89.3 cm³/mol. The van der Waals surface area contributed by atoms with Crippen molar-refractivity contribution in [1.82, 2.24) is 15.3 Å². The first kappa shape index (κ1) is 18.7. The second-order valence-corrected chi connectivity index (χ2v) is 6.32. The number of pyridine rings is 1. The molecule has 0 radical (unpaired) electrons. The molecule has 0 aliphatic carbocycles. The van der Waals surface area contributed by atoms with E-state index in [-0.39, 0.29) is 0 Å². The third-order valence-corrected chi connectivity index (χ3v) is 3.29. The summed E-state index contributed by atoms with van der Waals surface area (Å²) in [6, 6.07) is 5.72. The normalized spacial score (nSPS) is 15.2. The van der Waals surface area contributed by atoms with Gasteiger partial charge in [0.1, 0.15) is 0 Å². The van der Waals surface area contributed by atoms with Crippen LogP contribution in [0.5, 0.6) is 0 Å². The maximum atomic E-state index is 5.33. The van der Waals surface area contributed by atoms with Crippen molar-refractivity contribution in [1.29, 1.82) is 0 Å². The Labute approximate surface area is 145 Å². The Bertz CT molecular complexity index is 425. The Morgan fingerprint density at radius 2 is 1.95 bits per heavy atom. The van der Waals surface area contributed by atoms with E-state index in [0.717, 1.165) is 31.9 Å². The van der Waals surface area contributed by atoms with E-state index in [0.29, 0.717) is 5.11 Å². The van der Waals surface area contributed by atoms with Crippen LogP contribution in [0.2, 0.25) is 0 Å². The summed E-state index contributed by atoms with van der Waals surface area (Å²) in [5.74, 6) is 0. The van der Waals surface area contributed by atoms with Gasteiger partial charge in [0.15, 0.2) is 5.11 Å². The van der Waals surface area contributed by atoms with Gasteiger partial charge in [-0.05, 0) is 37.2 Å². The molecule has 8 heteroatoms. The third kappa shape index (κ3) is 8.59. The fourth-order valence-corrected chi connectivity index (χ4v) is 2.19. The van der Waals surface area contributed by atoms with Crippen molar-refractivity contribution in [2.45, 2.75) is 25.7 Å². The van der Waals surface area contributed by atoms with Gasteiger partial charge in [-0.3, -0.25) is 10.4 Å². The number of nitrogens with one attached hydrogen (secondary N) is 1. The summed E-state index contributed by atoms with van der Waals surface area (Å²) in [6.07, 6.45) is 8.46. The number of hydrogen-bond acceptors (Lipinski definition) is 3. The Morgan fingerprint density at radius 1 is 1.29 bits per heavy atom. The van der Waals surface area contributed by atoms with E-state index < -0.39 is 0 Å². The van der Waals surface area contributed by atoms with E-state index in [2.05, 4.69) is 40.6 Å². The zero-order chi connectivity index (χ0) is 15.3. The number of hydrogen-bond donors (Lipinski definition) is 1. The van der Waals surface area contributed by atoms with Crippen LogP contribution in [0.4, 0.5) is 0 Å². The van der Waals surface area contributed by atoms with Crippen molar-refractivity contribution in [3.63, 3.8) is 0 Å². The topological polar surface area (TPSA) is 40.5 Å². The first-order valence-electron chi connectivity index (χ1n) is 6.58. The molecule has 0 spiro atoms. The molecule has 1 saturated heterocycles. The molecule has 2 rings (SSSR count). The first-order valence-corrected chi connectivity index (χ1v) is 9.58. The van der Waals surface area contributed by atoms with Gasteiger partial charge in [-0.2, -0.15) is 5.10 Å². The standard InChI is InChI=1S/C13H18N4S.2ClH.Cu/c18-13(17-9-5-1-2-6-10-17)16-15-11-12-7-3-4-8-14-12;;;/h3-4,7-8,11H,1-2,5-6,9-10H2,(H,16,18);2*1H;/q;;;+2/p-2. The molecule has 0 bridgehead atoms. The molecule has 1 aliphatic heterocycles. The Morgan fingerprint density at radius 3 is 2.52 bits per heavy atom. The number of hydrazone groups is 1. The summed E-state index contributed by atoms with van der Waals surface area (Å²) in [6.45, 7) is 2.07. The van der Waals surface area contributed by atoms with Crippen molar-refractivity contribution in [2.75, 3.05) is 13.1 Å². The van der Waals surface area contributed by atoms with Gasteiger partial charge in [0.05, 0.1) is 11.9 Å². The Hall–Kier alpha value is -0.391. The molecule has 121 valence electrons. The quantitative estimate of drug-likeness (QED) is 0.359. The summed E-state index contributed by atoms with van der Waals surface area (Å²) < 4.78 is 0. The summed E-state index contributed by atoms with van der Waals surface area (Å²) in [4.78, 5) is 6.35. The van der Waals surface area contributed by atoms with Crippen molar-refractivity contribution in [2.24, 2.45) is 5.10 Å². The van der Waals surface area contributed by atoms with Crippen LogP contribution in [-0.4, -0.2) is 34.3 Å². The molecule has 4 nitrogen and oxygen atoms in total. The van der Waals surface area contributed by atoms with Crippen molar-refractivity contribution >= 4 is 43.7 Å². The van der Waals surface area contributed by atoms with Crippen molar-refractivity contribution in [3.8, 4) is 0 Å². The van der Waals surface area contributed by atoms with Crippen LogP contribution < -0.4 is 5.43 Å². The van der Waals surface area contributed by atoms with Crippen LogP contribution in [-0.2, 0) is 13.1 Å². The fraction of sp³-hybridized carbons (Fsp3) is 0.462. The van der Waals surface area contributed by atoms with Crippen molar-refractivity contribution in [3.05, 3.63) is 30.1 Å². The van der Waals surface area contributed by atoms with Gasteiger partial charge in [0.2, 0.25) is 0 Å². The van der Waals surface area contributed by atoms with Crippen LogP contribution in [0.15, 0.2) is 29.5 Å². The van der Waals surface area contributed by atoms with Gasteiger partial charge in [-0.25, -0.2) is 0 Å². The molecule has 1 fully saturated rings. The van der Waals surface area contributed by atoms with Crippen LogP contribution in [0.25, 0.3) is 0 Å². The number of thiocarbonyl (C=S) groups is 1. The number of nitrogens with zero attached hydrogens (tertiary/aromatic N) is 3. The molecule has 0 saturated carbocycles. The van der Waals surface area contributed by atoms with Gasteiger partial charge in [0.25, 0.3) is 0 Å². The third-order valence-electron chi connectivity index (χ3n) is 2.94. The van der Waals surface area contributed by atoms with Gasteiger partial charge >= 0.3 is 33.3 Å². The van der Waals surface area contributed by atoms with E-state index in [4.69, 9.17) is 12.2 Å². The molecule has 1 N–H and O–H groups in total. The van der Waals surface area contributed by atoms with Crippen molar-refractivity contribution < 1.29 is 13.1 Å². The molecule has 1 aromatic heterocycles. The molecule has 0 atom stereocenters. The van der Waals surface area contributed by atoms with Crippen LogP contribution in [0.1, 0.15) is 31.4 Å². The van der Waals surface area contributed by atoms with E-state index in [9.17, 15) is 0 Å². The van der Waals surface area contributed by atoms with E-state index in [1.807, 2.05) is 18.2 Å². The molecule has 0 unspecified atom stereocenters. The van der Waals surface area contributed by atoms with E-state index in [1.165, 1.54) is 25.7 Å². The Balaban J connectivity index is 0.000000677. The van der Waals surface area contributed by atoms with Gasteiger partial charge in [-0.1, -0.05) is 18.9 Å². The molecule has 2 heterocycles. The molecular weight excluding hydrogens is 379 g/mol. The number of rotatable bonds is 2. The molecule has 0 amide bonds. The molecule has 21 heavy (non-hydrogen) atoms.